The Morgan fingerprint density at radius 2 is 1.52 bits per heavy atom. The van der Waals surface area contributed by atoms with Crippen LogP contribution in [0.4, 0.5) is 0 Å². The van der Waals surface area contributed by atoms with E-state index in [1.54, 1.807) is 7.11 Å². The number of hydrogen-bond donors (Lipinski definition) is 1. The first-order chi connectivity index (χ1) is 11.1. The minimum Gasteiger partial charge on any atom is -0.497 e. The van der Waals surface area contributed by atoms with E-state index >= 15 is 0 Å². The van der Waals surface area contributed by atoms with E-state index in [1.807, 2.05) is 60.7 Å². The first kappa shape index (κ1) is 14.0. The third kappa shape index (κ3) is 1.92. The lowest BCUT2D eigenvalue weighted by molar-refractivity contribution is 0.130. The summed E-state index contributed by atoms with van der Waals surface area (Å²) >= 11 is 0. The van der Waals surface area contributed by atoms with Crippen molar-refractivity contribution in [3.8, 4) is 16.9 Å². The van der Waals surface area contributed by atoms with Crippen molar-refractivity contribution in [2.24, 2.45) is 0 Å². The highest BCUT2D eigenvalue weighted by molar-refractivity contribution is 5.83. The molecular formula is C21H18O2. The number of ether oxygens (including phenoxy) is 1. The maximum Gasteiger partial charge on any atom is 0.141 e. The second-order valence-corrected chi connectivity index (χ2v) is 6.03. The minimum atomic E-state index is -1.12. The lowest BCUT2D eigenvalue weighted by Gasteiger charge is -2.26. The SMILES string of the molecule is COc1ccc2c(c1)-c1ccccc1C2(O)c1ccc(C)cc1. The fraction of sp³-hybridized carbons (Fsp3) is 0.143. The number of hydrogen-bond acceptors (Lipinski definition) is 2. The Labute approximate surface area is 136 Å². The molecule has 0 heterocycles. The maximum atomic E-state index is 11.7. The van der Waals surface area contributed by atoms with Gasteiger partial charge in [-0.25, -0.2) is 0 Å². The van der Waals surface area contributed by atoms with Crippen molar-refractivity contribution in [2.45, 2.75) is 12.5 Å². The molecule has 0 fully saturated rings. The van der Waals surface area contributed by atoms with Crippen LogP contribution in [0.2, 0.25) is 0 Å². The van der Waals surface area contributed by atoms with Crippen LogP contribution in [0.15, 0.2) is 66.7 Å². The third-order valence-electron chi connectivity index (χ3n) is 4.69. The monoisotopic (exact) mass is 302 g/mol. The maximum absolute atomic E-state index is 11.7. The lowest BCUT2D eigenvalue weighted by atomic mass is 9.84. The van der Waals surface area contributed by atoms with Gasteiger partial charge < -0.3 is 9.84 Å². The first-order valence-electron chi connectivity index (χ1n) is 7.72. The van der Waals surface area contributed by atoms with Gasteiger partial charge in [0, 0.05) is 11.1 Å². The zero-order chi connectivity index (χ0) is 16.0. The van der Waals surface area contributed by atoms with Gasteiger partial charge >= 0.3 is 0 Å². The highest BCUT2D eigenvalue weighted by atomic mass is 16.5. The van der Waals surface area contributed by atoms with Gasteiger partial charge in [0.15, 0.2) is 0 Å². The van der Waals surface area contributed by atoms with E-state index in [4.69, 9.17) is 4.74 Å². The highest BCUT2D eigenvalue weighted by Crippen LogP contribution is 2.51. The van der Waals surface area contributed by atoms with E-state index in [9.17, 15) is 5.11 Å². The van der Waals surface area contributed by atoms with Gasteiger partial charge in [-0.2, -0.15) is 0 Å². The molecule has 1 N–H and O–H groups in total. The van der Waals surface area contributed by atoms with E-state index in [1.165, 1.54) is 5.56 Å². The number of rotatable bonds is 2. The fourth-order valence-corrected chi connectivity index (χ4v) is 3.47. The topological polar surface area (TPSA) is 29.5 Å². The van der Waals surface area contributed by atoms with Crippen molar-refractivity contribution in [2.75, 3.05) is 7.11 Å². The fourth-order valence-electron chi connectivity index (χ4n) is 3.47. The summed E-state index contributed by atoms with van der Waals surface area (Å²) in [6.07, 6.45) is 0. The van der Waals surface area contributed by atoms with Crippen LogP contribution < -0.4 is 4.74 Å². The Morgan fingerprint density at radius 1 is 0.826 bits per heavy atom. The molecule has 1 atom stereocenters. The van der Waals surface area contributed by atoms with Crippen molar-refractivity contribution in [3.63, 3.8) is 0 Å². The molecule has 0 saturated heterocycles. The summed E-state index contributed by atoms with van der Waals surface area (Å²) in [5.41, 5.74) is 4.87. The predicted octanol–water partition coefficient (Wildman–Crippen LogP) is 4.27. The summed E-state index contributed by atoms with van der Waals surface area (Å²) in [4.78, 5) is 0. The van der Waals surface area contributed by atoms with Gasteiger partial charge in [0.05, 0.1) is 7.11 Å². The Bertz CT molecular complexity index is 881. The molecule has 2 heteroatoms. The average Bonchev–Trinajstić information content (AvgIpc) is 2.86. The van der Waals surface area contributed by atoms with E-state index in [2.05, 4.69) is 13.0 Å². The molecule has 0 spiro atoms. The molecule has 0 saturated carbocycles. The van der Waals surface area contributed by atoms with Crippen LogP contribution in [0.1, 0.15) is 22.3 Å². The van der Waals surface area contributed by atoms with Gasteiger partial charge in [-0.3, -0.25) is 0 Å². The van der Waals surface area contributed by atoms with Crippen molar-refractivity contribution < 1.29 is 9.84 Å². The summed E-state index contributed by atoms with van der Waals surface area (Å²) in [5, 5.41) is 11.7. The van der Waals surface area contributed by atoms with Crippen LogP contribution in [0, 0.1) is 6.92 Å². The van der Waals surface area contributed by atoms with E-state index in [-0.39, 0.29) is 0 Å². The van der Waals surface area contributed by atoms with Crippen LogP contribution >= 0.6 is 0 Å². The van der Waals surface area contributed by atoms with Crippen molar-refractivity contribution in [1.82, 2.24) is 0 Å². The number of fused-ring (bicyclic) bond motifs is 3. The molecule has 114 valence electrons. The average molecular weight is 302 g/mol. The summed E-state index contributed by atoms with van der Waals surface area (Å²) < 4.78 is 5.36. The second-order valence-electron chi connectivity index (χ2n) is 6.03. The summed E-state index contributed by atoms with van der Waals surface area (Å²) in [5.74, 6) is 0.798. The second kappa shape index (κ2) is 4.97. The van der Waals surface area contributed by atoms with Crippen LogP contribution in [0.3, 0.4) is 0 Å². The molecule has 1 aliphatic rings. The van der Waals surface area contributed by atoms with Crippen LogP contribution in [0.5, 0.6) is 5.75 Å². The van der Waals surface area contributed by atoms with Gasteiger partial charge in [0.25, 0.3) is 0 Å². The van der Waals surface area contributed by atoms with Gasteiger partial charge in [-0.1, -0.05) is 60.2 Å². The molecule has 0 bridgehead atoms. The van der Waals surface area contributed by atoms with E-state index in [0.717, 1.165) is 33.6 Å². The van der Waals surface area contributed by atoms with Gasteiger partial charge in [-0.05, 0) is 35.7 Å². The Balaban J connectivity index is 2.03. The molecule has 1 unspecified atom stereocenters. The van der Waals surface area contributed by atoms with Gasteiger partial charge in [0.1, 0.15) is 11.4 Å². The molecule has 3 aromatic rings. The molecule has 0 aromatic heterocycles. The quantitative estimate of drug-likeness (QED) is 0.766. The Kier molecular flexibility index (Phi) is 3.03. The zero-order valence-corrected chi connectivity index (χ0v) is 13.2. The number of benzene rings is 3. The number of aryl methyl sites for hydroxylation is 1. The number of aliphatic hydroxyl groups is 1. The van der Waals surface area contributed by atoms with Crippen molar-refractivity contribution >= 4 is 0 Å². The molecule has 1 aliphatic carbocycles. The third-order valence-corrected chi connectivity index (χ3v) is 4.69. The van der Waals surface area contributed by atoms with Crippen LogP contribution in [-0.4, -0.2) is 12.2 Å². The molecule has 3 aromatic carbocycles. The predicted molar refractivity (Wildman–Crippen MR) is 91.7 cm³/mol. The lowest BCUT2D eigenvalue weighted by Crippen LogP contribution is -2.26. The molecule has 0 radical (unpaired) electrons. The van der Waals surface area contributed by atoms with Crippen molar-refractivity contribution in [3.05, 3.63) is 89.0 Å². The summed E-state index contributed by atoms with van der Waals surface area (Å²) in [6.45, 7) is 2.05. The van der Waals surface area contributed by atoms with Crippen molar-refractivity contribution in [1.29, 1.82) is 0 Å². The largest absolute Gasteiger partial charge is 0.497 e. The van der Waals surface area contributed by atoms with E-state index in [0.29, 0.717) is 0 Å². The normalized spacial score (nSPS) is 18.4. The Hall–Kier alpha value is -2.58. The standard InChI is InChI=1S/C21H18O2/c1-14-7-9-15(10-8-14)21(22)19-6-4-3-5-17(19)18-13-16(23-2)11-12-20(18)21/h3-13,22H,1-2H3. The van der Waals surface area contributed by atoms with Gasteiger partial charge in [0.2, 0.25) is 0 Å². The molecule has 23 heavy (non-hydrogen) atoms. The molecule has 0 amide bonds. The summed E-state index contributed by atoms with van der Waals surface area (Å²) in [6, 6.07) is 22.0. The minimum absolute atomic E-state index is 0.798. The molecule has 2 nitrogen and oxygen atoms in total. The molecular weight excluding hydrogens is 284 g/mol. The smallest absolute Gasteiger partial charge is 0.141 e. The molecule has 4 rings (SSSR count). The summed E-state index contributed by atoms with van der Waals surface area (Å²) in [7, 11) is 1.66. The Morgan fingerprint density at radius 3 is 2.26 bits per heavy atom. The molecule has 0 aliphatic heterocycles. The number of methoxy groups -OCH3 is 1. The highest BCUT2D eigenvalue weighted by Gasteiger charge is 2.42. The van der Waals surface area contributed by atoms with E-state index < -0.39 is 5.60 Å². The first-order valence-corrected chi connectivity index (χ1v) is 7.72. The van der Waals surface area contributed by atoms with Crippen LogP contribution in [-0.2, 0) is 5.60 Å². The zero-order valence-electron chi connectivity index (χ0n) is 13.2. The van der Waals surface area contributed by atoms with Gasteiger partial charge in [-0.15, -0.1) is 0 Å². The van der Waals surface area contributed by atoms with Crippen LogP contribution in [0.25, 0.3) is 11.1 Å².